The van der Waals surface area contributed by atoms with E-state index in [0.29, 0.717) is 22.3 Å². The molecule has 1 amide bonds. The van der Waals surface area contributed by atoms with E-state index in [9.17, 15) is 9.59 Å². The van der Waals surface area contributed by atoms with Crippen LogP contribution in [0.1, 0.15) is 31.3 Å². The highest BCUT2D eigenvalue weighted by atomic mass is 32.1. The lowest BCUT2D eigenvalue weighted by Crippen LogP contribution is -2.32. The zero-order valence-corrected chi connectivity index (χ0v) is 12.2. The molecule has 1 aliphatic heterocycles. The molecular formula is C14H14N2O4S. The molecule has 2 aliphatic rings. The summed E-state index contributed by atoms with van der Waals surface area (Å²) in [5, 5.41) is 3.35. The van der Waals surface area contributed by atoms with Gasteiger partial charge in [-0.15, -0.1) is 0 Å². The highest BCUT2D eigenvalue weighted by molar-refractivity contribution is 7.80. The Balaban J connectivity index is 1.71. The maximum Gasteiger partial charge on any atom is 0.303 e. The Bertz CT molecular complexity index is 645. The molecule has 6 nitrogen and oxygen atoms in total. The summed E-state index contributed by atoms with van der Waals surface area (Å²) in [6.45, 7) is 1.41. The Kier molecular flexibility index (Phi) is 3.50. The highest BCUT2D eigenvalue weighted by Crippen LogP contribution is 2.31. The molecule has 110 valence electrons. The molecule has 0 radical (unpaired) electrons. The summed E-state index contributed by atoms with van der Waals surface area (Å²) >= 11 is 5.17. The van der Waals surface area contributed by atoms with E-state index in [4.69, 9.17) is 21.4 Å². The Morgan fingerprint density at radius 1 is 1.57 bits per heavy atom. The minimum Gasteiger partial charge on any atom is -0.458 e. The van der Waals surface area contributed by atoms with Gasteiger partial charge < -0.3 is 14.5 Å². The van der Waals surface area contributed by atoms with Gasteiger partial charge in [0.05, 0.1) is 0 Å². The number of carbonyl (C=O) groups is 2. The zero-order chi connectivity index (χ0) is 15.0. The lowest BCUT2D eigenvalue weighted by molar-refractivity contribution is -0.142. The maximum absolute atomic E-state index is 12.2. The molecule has 0 bridgehead atoms. The van der Waals surface area contributed by atoms with Crippen molar-refractivity contribution in [3.05, 3.63) is 29.4 Å². The molecule has 21 heavy (non-hydrogen) atoms. The van der Waals surface area contributed by atoms with Gasteiger partial charge in [0.1, 0.15) is 23.8 Å². The Hall–Kier alpha value is -2.15. The molecule has 1 aromatic rings. The van der Waals surface area contributed by atoms with Gasteiger partial charge in [-0.1, -0.05) is 0 Å². The van der Waals surface area contributed by atoms with Gasteiger partial charge in [0.15, 0.2) is 5.11 Å². The number of nitrogens with one attached hydrogen (secondary N) is 1. The van der Waals surface area contributed by atoms with Gasteiger partial charge in [-0.2, -0.15) is 0 Å². The topological polar surface area (TPSA) is 71.8 Å². The third-order valence-electron chi connectivity index (χ3n) is 3.21. The summed E-state index contributed by atoms with van der Waals surface area (Å²) in [7, 11) is 0. The fraction of sp³-hybridized carbons (Fsp3) is 0.357. The highest BCUT2D eigenvalue weighted by Gasteiger charge is 2.41. The molecule has 0 unspecified atom stereocenters. The van der Waals surface area contributed by atoms with Crippen molar-refractivity contribution in [2.75, 3.05) is 0 Å². The van der Waals surface area contributed by atoms with Crippen molar-refractivity contribution in [1.82, 2.24) is 10.2 Å². The summed E-state index contributed by atoms with van der Waals surface area (Å²) in [5.74, 6) is 0.530. The third-order valence-corrected chi connectivity index (χ3v) is 3.51. The number of ether oxygens (including phenoxy) is 1. The average molecular weight is 306 g/mol. The SMILES string of the molecule is CC(=O)OCc1ccc(/C=C2/NC(=S)N(C3CC3)C2=O)o1. The second-order valence-electron chi connectivity index (χ2n) is 4.98. The Labute approximate surface area is 126 Å². The molecule has 0 spiro atoms. The number of hydrogen-bond donors (Lipinski definition) is 1. The van der Waals surface area contributed by atoms with Crippen molar-refractivity contribution in [3.8, 4) is 0 Å². The first kappa shape index (κ1) is 13.8. The number of thiocarbonyl (C=S) groups is 1. The van der Waals surface area contributed by atoms with Crippen LogP contribution in [0.15, 0.2) is 22.2 Å². The van der Waals surface area contributed by atoms with E-state index in [1.54, 1.807) is 23.1 Å². The molecule has 1 aromatic heterocycles. The first-order chi connectivity index (χ1) is 10.0. The summed E-state index contributed by atoms with van der Waals surface area (Å²) in [6, 6.07) is 3.65. The first-order valence-electron chi connectivity index (χ1n) is 6.63. The average Bonchev–Trinajstić information content (AvgIpc) is 3.08. The van der Waals surface area contributed by atoms with Gasteiger partial charge in [-0.05, 0) is 37.2 Å². The van der Waals surface area contributed by atoms with E-state index in [0.717, 1.165) is 12.8 Å². The van der Waals surface area contributed by atoms with Crippen LogP contribution in [0.5, 0.6) is 0 Å². The lowest BCUT2D eigenvalue weighted by atomic mass is 10.3. The second kappa shape index (κ2) is 5.33. The van der Waals surface area contributed by atoms with Crippen molar-refractivity contribution in [2.24, 2.45) is 0 Å². The number of furan rings is 1. The number of rotatable bonds is 4. The predicted molar refractivity (Wildman–Crippen MR) is 77.8 cm³/mol. The minimum absolute atomic E-state index is 0.0759. The van der Waals surface area contributed by atoms with Gasteiger partial charge in [-0.3, -0.25) is 14.5 Å². The summed E-state index contributed by atoms with van der Waals surface area (Å²) in [4.78, 5) is 24.6. The minimum atomic E-state index is -0.371. The van der Waals surface area contributed by atoms with E-state index in [2.05, 4.69) is 5.32 Å². The quantitative estimate of drug-likeness (QED) is 0.517. The summed E-state index contributed by atoms with van der Waals surface area (Å²) in [5.41, 5.74) is 0.403. The molecule has 3 rings (SSSR count). The fourth-order valence-corrected chi connectivity index (χ4v) is 2.42. The number of esters is 1. The monoisotopic (exact) mass is 306 g/mol. The molecule has 2 fully saturated rings. The summed E-state index contributed by atoms with van der Waals surface area (Å²) < 4.78 is 10.3. The number of amides is 1. The molecule has 0 atom stereocenters. The van der Waals surface area contributed by atoms with Crippen LogP contribution in [0, 0.1) is 0 Å². The van der Waals surface area contributed by atoms with Crippen molar-refractivity contribution < 1.29 is 18.7 Å². The molecule has 0 aromatic carbocycles. The van der Waals surface area contributed by atoms with Crippen LogP contribution < -0.4 is 5.32 Å². The van der Waals surface area contributed by atoms with Crippen LogP contribution in [0.4, 0.5) is 0 Å². The zero-order valence-electron chi connectivity index (χ0n) is 11.4. The van der Waals surface area contributed by atoms with Crippen LogP contribution in [-0.4, -0.2) is 27.9 Å². The number of hydrogen-bond acceptors (Lipinski definition) is 5. The Morgan fingerprint density at radius 3 is 3.00 bits per heavy atom. The number of nitrogens with zero attached hydrogens (tertiary/aromatic N) is 1. The molecule has 1 saturated carbocycles. The molecular weight excluding hydrogens is 292 g/mol. The smallest absolute Gasteiger partial charge is 0.303 e. The molecule has 1 aliphatic carbocycles. The standard InChI is InChI=1S/C14H14N2O4S/c1-8(17)19-7-11-5-4-10(20-11)6-12-13(18)16(9-2-3-9)14(21)15-12/h4-6,9H,2-3,7H2,1H3,(H,15,21)/b12-6+. The molecule has 1 N–H and O–H groups in total. The van der Waals surface area contributed by atoms with Crippen LogP contribution in [0.3, 0.4) is 0 Å². The van der Waals surface area contributed by atoms with Gasteiger partial charge in [0.25, 0.3) is 5.91 Å². The van der Waals surface area contributed by atoms with Gasteiger partial charge >= 0.3 is 5.97 Å². The van der Waals surface area contributed by atoms with E-state index in [-0.39, 0.29) is 24.5 Å². The van der Waals surface area contributed by atoms with E-state index < -0.39 is 0 Å². The van der Waals surface area contributed by atoms with Crippen molar-refractivity contribution in [2.45, 2.75) is 32.4 Å². The molecule has 1 saturated heterocycles. The molecule has 7 heteroatoms. The number of carbonyl (C=O) groups excluding carboxylic acids is 2. The van der Waals surface area contributed by atoms with E-state index in [1.807, 2.05) is 0 Å². The lowest BCUT2D eigenvalue weighted by Gasteiger charge is -2.11. The van der Waals surface area contributed by atoms with Crippen molar-refractivity contribution >= 4 is 35.3 Å². The van der Waals surface area contributed by atoms with Crippen molar-refractivity contribution in [3.63, 3.8) is 0 Å². The van der Waals surface area contributed by atoms with E-state index in [1.165, 1.54) is 6.92 Å². The van der Waals surface area contributed by atoms with Crippen molar-refractivity contribution in [1.29, 1.82) is 0 Å². The van der Waals surface area contributed by atoms with Crippen LogP contribution in [0.25, 0.3) is 6.08 Å². The van der Waals surface area contributed by atoms with Gasteiger partial charge in [0, 0.05) is 19.0 Å². The predicted octanol–water partition coefficient (Wildman–Crippen LogP) is 1.56. The fourth-order valence-electron chi connectivity index (χ4n) is 2.08. The normalized spacial score (nSPS) is 20.0. The summed E-state index contributed by atoms with van der Waals surface area (Å²) in [6.07, 6.45) is 3.59. The van der Waals surface area contributed by atoms with E-state index >= 15 is 0 Å². The van der Waals surface area contributed by atoms with Crippen LogP contribution in [0.2, 0.25) is 0 Å². The second-order valence-corrected chi connectivity index (χ2v) is 5.37. The van der Waals surface area contributed by atoms with Crippen LogP contribution >= 0.6 is 12.2 Å². The van der Waals surface area contributed by atoms with Gasteiger partial charge in [-0.25, -0.2) is 0 Å². The molecule has 2 heterocycles. The first-order valence-corrected chi connectivity index (χ1v) is 7.04. The Morgan fingerprint density at radius 2 is 2.33 bits per heavy atom. The third kappa shape index (κ3) is 2.97. The maximum atomic E-state index is 12.2. The van der Waals surface area contributed by atoms with Crippen LogP contribution in [-0.2, 0) is 20.9 Å². The van der Waals surface area contributed by atoms with Gasteiger partial charge in [0.2, 0.25) is 0 Å². The largest absolute Gasteiger partial charge is 0.458 e.